The number of carbonyl (C=O) groups excluding carboxylic acids is 2. The molecule has 8 nitrogen and oxygen atoms in total. The quantitative estimate of drug-likeness (QED) is 0.839. The summed E-state index contributed by atoms with van der Waals surface area (Å²) in [6.45, 7) is 7.85. The Morgan fingerprint density at radius 1 is 1.37 bits per heavy atom. The number of carbonyl (C=O) groups is 2. The molecule has 1 N–H and O–H groups in total. The first-order chi connectivity index (χ1) is 12.8. The highest BCUT2D eigenvalue weighted by Gasteiger charge is 2.28. The lowest BCUT2D eigenvalue weighted by Crippen LogP contribution is -2.49. The number of thiazole rings is 1. The maximum absolute atomic E-state index is 12.8. The number of nitrogens with one attached hydrogen (secondary N) is 1. The van der Waals surface area contributed by atoms with E-state index in [2.05, 4.69) is 10.3 Å². The average Bonchev–Trinajstić information content (AvgIpc) is 3.29. The number of morpholine rings is 1. The molecule has 2 aliphatic heterocycles. The number of hydrogen-bond acceptors (Lipinski definition) is 7. The topological polar surface area (TPSA) is 90.0 Å². The Hall–Kier alpha value is -1.71. The molecule has 2 aliphatic rings. The van der Waals surface area contributed by atoms with E-state index in [1.165, 1.54) is 11.3 Å². The molecule has 0 unspecified atom stereocenters. The Morgan fingerprint density at radius 2 is 2.19 bits per heavy atom. The first kappa shape index (κ1) is 20.0. The summed E-state index contributed by atoms with van der Waals surface area (Å²) < 4.78 is 16.5. The minimum absolute atomic E-state index is 0.0204. The summed E-state index contributed by atoms with van der Waals surface area (Å²) in [4.78, 5) is 31.3. The molecule has 0 aromatic carbocycles. The second kappa shape index (κ2) is 8.53. The van der Waals surface area contributed by atoms with Crippen LogP contribution in [-0.4, -0.2) is 66.4 Å². The van der Waals surface area contributed by atoms with Crippen LogP contribution in [0.15, 0.2) is 6.20 Å². The molecule has 3 heterocycles. The summed E-state index contributed by atoms with van der Waals surface area (Å²) in [6.07, 6.45) is 2.89. The number of alkyl carbamates (subject to hydrolysis) is 1. The van der Waals surface area contributed by atoms with Gasteiger partial charge in [0.05, 0.1) is 18.9 Å². The predicted molar refractivity (Wildman–Crippen MR) is 99.9 cm³/mol. The normalized spacial score (nSPS) is 23.3. The number of nitrogens with zero attached hydrogens (tertiary/aromatic N) is 2. The highest BCUT2D eigenvalue weighted by atomic mass is 32.1. The molecule has 1 aromatic heterocycles. The van der Waals surface area contributed by atoms with Crippen molar-refractivity contribution in [3.8, 4) is 0 Å². The summed E-state index contributed by atoms with van der Waals surface area (Å²) >= 11 is 1.40. The molecule has 2 amide bonds. The van der Waals surface area contributed by atoms with Gasteiger partial charge in [0.2, 0.25) is 0 Å². The lowest BCUT2D eigenvalue weighted by molar-refractivity contribution is -0.0217. The Bertz CT molecular complexity index is 666. The molecule has 2 saturated heterocycles. The van der Waals surface area contributed by atoms with Gasteiger partial charge in [-0.15, -0.1) is 11.3 Å². The number of hydrogen-bond donors (Lipinski definition) is 1. The van der Waals surface area contributed by atoms with Crippen molar-refractivity contribution in [2.24, 2.45) is 0 Å². The minimum Gasteiger partial charge on any atom is -0.444 e. The van der Waals surface area contributed by atoms with Crippen LogP contribution in [0.3, 0.4) is 0 Å². The fourth-order valence-corrected chi connectivity index (χ4v) is 3.97. The van der Waals surface area contributed by atoms with Gasteiger partial charge in [0.1, 0.15) is 21.6 Å². The van der Waals surface area contributed by atoms with Gasteiger partial charge in [-0.3, -0.25) is 4.79 Å². The van der Waals surface area contributed by atoms with Crippen LogP contribution in [-0.2, 0) is 14.2 Å². The van der Waals surface area contributed by atoms with Crippen molar-refractivity contribution in [1.82, 2.24) is 15.2 Å². The van der Waals surface area contributed by atoms with Gasteiger partial charge in [-0.25, -0.2) is 9.78 Å². The van der Waals surface area contributed by atoms with Crippen LogP contribution >= 0.6 is 11.3 Å². The maximum Gasteiger partial charge on any atom is 0.407 e. The van der Waals surface area contributed by atoms with Gasteiger partial charge in [-0.2, -0.15) is 0 Å². The van der Waals surface area contributed by atoms with E-state index in [0.29, 0.717) is 31.1 Å². The van der Waals surface area contributed by atoms with Crippen molar-refractivity contribution < 1.29 is 23.8 Å². The zero-order valence-electron chi connectivity index (χ0n) is 16.0. The molecule has 0 saturated carbocycles. The van der Waals surface area contributed by atoms with Crippen molar-refractivity contribution >= 4 is 23.3 Å². The Morgan fingerprint density at radius 3 is 2.89 bits per heavy atom. The monoisotopic (exact) mass is 397 g/mol. The predicted octanol–water partition coefficient (Wildman–Crippen LogP) is 2.36. The number of ether oxygens (including phenoxy) is 3. The van der Waals surface area contributed by atoms with E-state index in [1.54, 1.807) is 11.1 Å². The van der Waals surface area contributed by atoms with Gasteiger partial charge in [0.25, 0.3) is 5.91 Å². The number of amides is 2. The first-order valence-electron chi connectivity index (χ1n) is 9.27. The summed E-state index contributed by atoms with van der Waals surface area (Å²) in [5.74, 6) is -0.0534. The Balaban J connectivity index is 1.51. The largest absolute Gasteiger partial charge is 0.444 e. The maximum atomic E-state index is 12.8. The van der Waals surface area contributed by atoms with Gasteiger partial charge >= 0.3 is 6.09 Å². The lowest BCUT2D eigenvalue weighted by Gasteiger charge is -2.32. The molecule has 0 bridgehead atoms. The fraction of sp³-hybridized carbons (Fsp3) is 0.722. The third kappa shape index (κ3) is 5.63. The molecule has 150 valence electrons. The van der Waals surface area contributed by atoms with Crippen LogP contribution in [0.2, 0.25) is 0 Å². The van der Waals surface area contributed by atoms with Crippen LogP contribution in [0, 0.1) is 0 Å². The van der Waals surface area contributed by atoms with Crippen molar-refractivity contribution in [2.45, 2.75) is 51.4 Å². The first-order valence-corrected chi connectivity index (χ1v) is 10.1. The third-order valence-electron chi connectivity index (χ3n) is 4.24. The van der Waals surface area contributed by atoms with Crippen molar-refractivity contribution in [3.63, 3.8) is 0 Å². The van der Waals surface area contributed by atoms with Crippen LogP contribution in [0.5, 0.6) is 0 Å². The fourth-order valence-electron chi connectivity index (χ4n) is 3.00. The van der Waals surface area contributed by atoms with Crippen LogP contribution in [0.4, 0.5) is 4.79 Å². The summed E-state index contributed by atoms with van der Waals surface area (Å²) in [6, 6.07) is 0. The van der Waals surface area contributed by atoms with E-state index < -0.39 is 11.7 Å². The Kier molecular flexibility index (Phi) is 6.33. The Labute approximate surface area is 163 Å². The smallest absolute Gasteiger partial charge is 0.407 e. The van der Waals surface area contributed by atoms with Crippen molar-refractivity contribution in [2.75, 3.05) is 32.8 Å². The van der Waals surface area contributed by atoms with Crippen LogP contribution < -0.4 is 5.32 Å². The summed E-state index contributed by atoms with van der Waals surface area (Å²) in [5, 5.41) is 3.57. The molecular weight excluding hydrogens is 370 g/mol. The molecule has 2 atom stereocenters. The molecule has 0 aliphatic carbocycles. The van der Waals surface area contributed by atoms with E-state index in [0.717, 1.165) is 24.5 Å². The molecule has 27 heavy (non-hydrogen) atoms. The second-order valence-corrected chi connectivity index (χ2v) is 8.75. The van der Waals surface area contributed by atoms with Crippen LogP contribution in [0.25, 0.3) is 0 Å². The van der Waals surface area contributed by atoms with Crippen molar-refractivity contribution in [3.05, 3.63) is 16.1 Å². The van der Waals surface area contributed by atoms with E-state index >= 15 is 0 Å². The average molecular weight is 397 g/mol. The molecule has 2 fully saturated rings. The van der Waals surface area contributed by atoms with Crippen molar-refractivity contribution in [1.29, 1.82) is 0 Å². The zero-order valence-corrected chi connectivity index (χ0v) is 16.8. The third-order valence-corrected chi connectivity index (χ3v) is 5.32. The van der Waals surface area contributed by atoms with E-state index in [4.69, 9.17) is 14.2 Å². The summed E-state index contributed by atoms with van der Waals surface area (Å²) in [5.41, 5.74) is -0.549. The lowest BCUT2D eigenvalue weighted by atomic mass is 10.2. The molecule has 0 radical (unpaired) electrons. The molecule has 3 rings (SSSR count). The SMILES string of the molecule is CC(C)(C)OC(=O)NC[C@H]1CN(C(=O)c2cnc([C@@H]3CCCO3)s2)CCO1. The highest BCUT2D eigenvalue weighted by molar-refractivity contribution is 7.13. The van der Waals surface area contributed by atoms with Gasteiger partial charge in [-0.05, 0) is 33.6 Å². The van der Waals surface area contributed by atoms with Gasteiger partial charge in [-0.1, -0.05) is 0 Å². The molecule has 0 spiro atoms. The van der Waals surface area contributed by atoms with Gasteiger partial charge < -0.3 is 24.4 Å². The molecule has 1 aromatic rings. The van der Waals surface area contributed by atoms with E-state index in [1.807, 2.05) is 20.8 Å². The van der Waals surface area contributed by atoms with Gasteiger partial charge in [0, 0.05) is 26.2 Å². The highest BCUT2D eigenvalue weighted by Crippen LogP contribution is 2.31. The number of aromatic nitrogens is 1. The molecular formula is C18H27N3O5S. The van der Waals surface area contributed by atoms with Crippen LogP contribution in [0.1, 0.15) is 54.4 Å². The summed E-state index contributed by atoms with van der Waals surface area (Å²) in [7, 11) is 0. The minimum atomic E-state index is -0.549. The zero-order chi connectivity index (χ0) is 19.4. The standard InChI is InChI=1S/C18H27N3O5S/c1-18(2,3)26-17(23)20-9-12-11-21(6-8-24-12)16(22)14-10-19-15(27-14)13-5-4-7-25-13/h10,12-13H,4-9,11H2,1-3H3,(H,20,23)/t12-,13-/m0/s1. The van der Waals surface area contributed by atoms with E-state index in [9.17, 15) is 9.59 Å². The number of rotatable bonds is 4. The van der Waals surface area contributed by atoms with Gasteiger partial charge in [0.15, 0.2) is 0 Å². The second-order valence-electron chi connectivity index (χ2n) is 7.69. The molecule has 9 heteroatoms. The van der Waals surface area contributed by atoms with E-state index in [-0.39, 0.29) is 18.1 Å².